The summed E-state index contributed by atoms with van der Waals surface area (Å²) in [4.78, 5) is 10.9. The van der Waals surface area contributed by atoms with Crippen molar-refractivity contribution in [3.05, 3.63) is 59.7 Å². The molecule has 0 bridgehead atoms. The van der Waals surface area contributed by atoms with Gasteiger partial charge in [0.15, 0.2) is 6.10 Å². The molecule has 1 unspecified atom stereocenters. The van der Waals surface area contributed by atoms with Crippen LogP contribution in [-0.4, -0.2) is 16.2 Å². The number of hydrogen-bond acceptors (Lipinski definition) is 2. The summed E-state index contributed by atoms with van der Waals surface area (Å²) in [6, 6.07) is 15.1. The standard InChI is InChI=1S/C17H18O3/c1-11(2)14-9-8-13(16(18)17(19)20)10-15(14)12-6-4-3-5-7-12/h3-11,16,18H,1-2H3,(H,19,20). The Kier molecular flexibility index (Phi) is 4.20. The largest absolute Gasteiger partial charge is 0.479 e. The Morgan fingerprint density at radius 3 is 2.25 bits per heavy atom. The van der Waals surface area contributed by atoms with E-state index in [2.05, 4.69) is 13.8 Å². The second-order valence-corrected chi connectivity index (χ2v) is 5.11. The molecule has 3 nitrogen and oxygen atoms in total. The van der Waals surface area contributed by atoms with Gasteiger partial charge in [0.25, 0.3) is 0 Å². The molecule has 0 aliphatic carbocycles. The van der Waals surface area contributed by atoms with Gasteiger partial charge in [-0.1, -0.05) is 56.3 Å². The van der Waals surface area contributed by atoms with Gasteiger partial charge in [0.2, 0.25) is 0 Å². The predicted molar refractivity (Wildman–Crippen MR) is 78.6 cm³/mol. The van der Waals surface area contributed by atoms with Crippen LogP contribution in [0.1, 0.15) is 37.0 Å². The van der Waals surface area contributed by atoms with Crippen LogP contribution in [0.5, 0.6) is 0 Å². The second-order valence-electron chi connectivity index (χ2n) is 5.11. The fourth-order valence-electron chi connectivity index (χ4n) is 2.26. The van der Waals surface area contributed by atoms with E-state index in [0.29, 0.717) is 11.5 Å². The summed E-state index contributed by atoms with van der Waals surface area (Å²) in [5, 5.41) is 18.6. The molecule has 0 heterocycles. The van der Waals surface area contributed by atoms with Crippen LogP contribution in [0.4, 0.5) is 0 Å². The molecular weight excluding hydrogens is 252 g/mol. The average Bonchev–Trinajstić information content (AvgIpc) is 2.46. The smallest absolute Gasteiger partial charge is 0.337 e. The molecule has 0 fully saturated rings. The number of benzene rings is 2. The van der Waals surface area contributed by atoms with E-state index < -0.39 is 12.1 Å². The number of aliphatic hydroxyl groups excluding tert-OH is 1. The first kappa shape index (κ1) is 14.3. The Labute approximate surface area is 118 Å². The third-order valence-electron chi connectivity index (χ3n) is 3.33. The third kappa shape index (κ3) is 2.89. The van der Waals surface area contributed by atoms with E-state index in [1.807, 2.05) is 36.4 Å². The Morgan fingerprint density at radius 2 is 1.70 bits per heavy atom. The number of hydrogen-bond donors (Lipinski definition) is 2. The first-order valence-corrected chi connectivity index (χ1v) is 6.61. The Hall–Kier alpha value is -2.13. The monoisotopic (exact) mass is 270 g/mol. The van der Waals surface area contributed by atoms with Crippen molar-refractivity contribution in [3.8, 4) is 11.1 Å². The molecule has 1 atom stereocenters. The molecule has 0 radical (unpaired) electrons. The Balaban J connectivity index is 2.57. The molecule has 20 heavy (non-hydrogen) atoms. The van der Waals surface area contributed by atoms with Crippen molar-refractivity contribution in [2.75, 3.05) is 0 Å². The van der Waals surface area contributed by atoms with Crippen LogP contribution in [-0.2, 0) is 4.79 Å². The highest BCUT2D eigenvalue weighted by atomic mass is 16.4. The molecule has 2 aromatic rings. The number of rotatable bonds is 4. The van der Waals surface area contributed by atoms with Gasteiger partial charge in [0.1, 0.15) is 0 Å². The van der Waals surface area contributed by atoms with E-state index in [1.165, 1.54) is 0 Å². The fraction of sp³-hybridized carbons (Fsp3) is 0.235. The third-order valence-corrected chi connectivity index (χ3v) is 3.33. The van der Waals surface area contributed by atoms with Crippen LogP contribution in [0.2, 0.25) is 0 Å². The van der Waals surface area contributed by atoms with Crippen LogP contribution in [0.3, 0.4) is 0 Å². The van der Waals surface area contributed by atoms with Gasteiger partial charge in [-0.2, -0.15) is 0 Å². The molecule has 2 rings (SSSR count). The zero-order valence-corrected chi connectivity index (χ0v) is 11.6. The molecule has 2 aromatic carbocycles. The second kappa shape index (κ2) is 5.88. The molecule has 0 saturated carbocycles. The van der Waals surface area contributed by atoms with Crippen molar-refractivity contribution in [1.29, 1.82) is 0 Å². The molecule has 0 aromatic heterocycles. The molecule has 0 aliphatic heterocycles. The van der Waals surface area contributed by atoms with Crippen molar-refractivity contribution in [2.45, 2.75) is 25.9 Å². The van der Waals surface area contributed by atoms with Gasteiger partial charge in [-0.05, 0) is 34.2 Å². The van der Waals surface area contributed by atoms with Gasteiger partial charge in [0, 0.05) is 0 Å². The maximum Gasteiger partial charge on any atom is 0.337 e. The topological polar surface area (TPSA) is 57.5 Å². The zero-order chi connectivity index (χ0) is 14.7. The van der Waals surface area contributed by atoms with Crippen molar-refractivity contribution in [2.24, 2.45) is 0 Å². The fourth-order valence-corrected chi connectivity index (χ4v) is 2.26. The van der Waals surface area contributed by atoms with Crippen LogP contribution in [0, 0.1) is 0 Å². The highest BCUT2D eigenvalue weighted by molar-refractivity contribution is 5.76. The van der Waals surface area contributed by atoms with Gasteiger partial charge >= 0.3 is 5.97 Å². The highest BCUT2D eigenvalue weighted by Gasteiger charge is 2.18. The van der Waals surface area contributed by atoms with Crippen LogP contribution >= 0.6 is 0 Å². The maximum absolute atomic E-state index is 10.9. The molecule has 0 saturated heterocycles. The molecular formula is C17H18O3. The lowest BCUT2D eigenvalue weighted by Gasteiger charge is -2.16. The number of carbonyl (C=O) groups is 1. The molecule has 0 aliphatic rings. The molecule has 0 amide bonds. The normalized spacial score (nSPS) is 12.4. The minimum absolute atomic E-state index is 0.321. The van der Waals surface area contributed by atoms with E-state index in [0.717, 1.165) is 16.7 Å². The molecule has 3 heteroatoms. The lowest BCUT2D eigenvalue weighted by Crippen LogP contribution is -2.10. The molecule has 0 spiro atoms. The summed E-state index contributed by atoms with van der Waals surface area (Å²) in [5.74, 6) is -0.914. The van der Waals surface area contributed by atoms with Gasteiger partial charge in [-0.25, -0.2) is 4.79 Å². The Bertz CT molecular complexity index is 603. The number of carboxylic acid groups (broad SMARTS) is 1. The van der Waals surface area contributed by atoms with Gasteiger partial charge < -0.3 is 10.2 Å². The number of aliphatic carboxylic acids is 1. The average molecular weight is 270 g/mol. The van der Waals surface area contributed by atoms with Gasteiger partial charge in [-0.15, -0.1) is 0 Å². The lowest BCUT2D eigenvalue weighted by atomic mass is 9.90. The van der Waals surface area contributed by atoms with E-state index in [-0.39, 0.29) is 0 Å². The van der Waals surface area contributed by atoms with Crippen molar-refractivity contribution < 1.29 is 15.0 Å². The van der Waals surface area contributed by atoms with E-state index in [1.54, 1.807) is 12.1 Å². The quantitative estimate of drug-likeness (QED) is 0.892. The van der Waals surface area contributed by atoms with E-state index in [9.17, 15) is 9.90 Å². The van der Waals surface area contributed by atoms with Crippen molar-refractivity contribution >= 4 is 5.97 Å². The van der Waals surface area contributed by atoms with Crippen LogP contribution < -0.4 is 0 Å². The van der Waals surface area contributed by atoms with Crippen LogP contribution in [0.15, 0.2) is 48.5 Å². The number of aliphatic hydroxyl groups is 1. The Morgan fingerprint density at radius 1 is 1.05 bits per heavy atom. The maximum atomic E-state index is 10.9. The minimum Gasteiger partial charge on any atom is -0.479 e. The van der Waals surface area contributed by atoms with Crippen molar-refractivity contribution in [1.82, 2.24) is 0 Å². The zero-order valence-electron chi connectivity index (χ0n) is 11.6. The van der Waals surface area contributed by atoms with Gasteiger partial charge in [-0.3, -0.25) is 0 Å². The summed E-state index contributed by atoms with van der Waals surface area (Å²) in [6.07, 6.45) is -1.49. The summed E-state index contributed by atoms with van der Waals surface area (Å²) in [7, 11) is 0. The first-order valence-electron chi connectivity index (χ1n) is 6.61. The van der Waals surface area contributed by atoms with E-state index in [4.69, 9.17) is 5.11 Å². The van der Waals surface area contributed by atoms with E-state index >= 15 is 0 Å². The van der Waals surface area contributed by atoms with Crippen molar-refractivity contribution in [3.63, 3.8) is 0 Å². The minimum atomic E-state index is -1.49. The van der Waals surface area contributed by atoms with Gasteiger partial charge in [0.05, 0.1) is 0 Å². The summed E-state index contributed by atoms with van der Waals surface area (Å²) in [5.41, 5.74) is 3.53. The predicted octanol–water partition coefficient (Wildman–Crippen LogP) is 3.60. The summed E-state index contributed by atoms with van der Waals surface area (Å²) >= 11 is 0. The van der Waals surface area contributed by atoms with Crippen LogP contribution in [0.25, 0.3) is 11.1 Å². The number of carboxylic acids is 1. The lowest BCUT2D eigenvalue weighted by molar-refractivity contribution is -0.146. The summed E-state index contributed by atoms with van der Waals surface area (Å²) in [6.45, 7) is 4.18. The SMILES string of the molecule is CC(C)c1ccc(C(O)C(=O)O)cc1-c1ccccc1. The molecule has 104 valence electrons. The summed E-state index contributed by atoms with van der Waals surface area (Å²) < 4.78 is 0. The molecule has 2 N–H and O–H groups in total. The first-order chi connectivity index (χ1) is 9.50. The highest BCUT2D eigenvalue weighted by Crippen LogP contribution is 2.31.